The summed E-state index contributed by atoms with van der Waals surface area (Å²) in [5.41, 5.74) is 5.00. The number of hydrogen-bond donors (Lipinski definition) is 2. The molecule has 18 heavy (non-hydrogen) atoms. The van der Waals surface area contributed by atoms with Crippen LogP contribution in [-0.4, -0.2) is 35.0 Å². The van der Waals surface area contributed by atoms with E-state index in [1.165, 1.54) is 18.3 Å². The van der Waals surface area contributed by atoms with Crippen LogP contribution in [0.2, 0.25) is 0 Å². The molecule has 0 amide bonds. The van der Waals surface area contributed by atoms with Crippen molar-refractivity contribution in [2.45, 2.75) is 0 Å². The minimum Gasteiger partial charge on any atom is -0.478 e. The molecule has 3 N–H and O–H groups in total. The van der Waals surface area contributed by atoms with Crippen LogP contribution in [0, 0.1) is 10.1 Å². The molecule has 0 heterocycles. The van der Waals surface area contributed by atoms with Crippen molar-refractivity contribution in [2.24, 2.45) is 0 Å². The third-order valence-corrected chi connectivity index (χ3v) is 2.15. The first-order chi connectivity index (χ1) is 8.32. The molecular weight excluding hydrogens is 238 g/mol. The molecule has 0 radical (unpaired) electrons. The maximum Gasteiger partial charge on any atom is 0.336 e. The average molecular weight is 251 g/mol. The van der Waals surface area contributed by atoms with Gasteiger partial charge >= 0.3 is 5.97 Å². The molecule has 1 aromatic carbocycles. The molecule has 7 nitrogen and oxygen atoms in total. The normalized spacial score (nSPS) is 10.6. The quantitative estimate of drug-likeness (QED) is 0.475. The molecule has 0 atom stereocenters. The van der Waals surface area contributed by atoms with E-state index in [1.807, 2.05) is 0 Å². The smallest absolute Gasteiger partial charge is 0.336 e. The summed E-state index contributed by atoms with van der Waals surface area (Å²) in [6, 6.07) is 2.34. The molecule has 0 saturated heterocycles. The third-order valence-electron chi connectivity index (χ3n) is 2.15. The van der Waals surface area contributed by atoms with Crippen LogP contribution in [0.1, 0.15) is 15.9 Å². The fourth-order valence-corrected chi connectivity index (χ4v) is 1.39. The summed E-state index contributed by atoms with van der Waals surface area (Å²) < 4.78 is 0. The SMILES string of the molecule is CN(C)/C=C/c1c(C(=O)O)cc(N)cc1[N+](=O)[O-]. The van der Waals surface area contributed by atoms with Crippen LogP contribution in [-0.2, 0) is 0 Å². The first kappa shape index (κ1) is 13.5. The highest BCUT2D eigenvalue weighted by atomic mass is 16.6. The van der Waals surface area contributed by atoms with Gasteiger partial charge in [0, 0.05) is 25.8 Å². The Kier molecular flexibility index (Phi) is 3.88. The molecule has 0 aliphatic carbocycles. The minimum atomic E-state index is -1.26. The van der Waals surface area contributed by atoms with Crippen molar-refractivity contribution in [1.29, 1.82) is 0 Å². The standard InChI is InChI=1S/C11H13N3O4/c1-13(2)4-3-8-9(11(15)16)5-7(12)6-10(8)14(17)18/h3-6H,12H2,1-2H3,(H,15,16)/b4-3+. The van der Waals surface area contributed by atoms with Crippen LogP contribution in [0.5, 0.6) is 0 Å². The van der Waals surface area contributed by atoms with E-state index in [4.69, 9.17) is 10.8 Å². The number of nitro benzene ring substituents is 1. The van der Waals surface area contributed by atoms with E-state index >= 15 is 0 Å². The predicted molar refractivity (Wildman–Crippen MR) is 67.2 cm³/mol. The second-order valence-corrected chi connectivity index (χ2v) is 3.84. The number of carboxylic acids is 1. The Hall–Kier alpha value is -2.57. The molecule has 0 bridgehead atoms. The predicted octanol–water partition coefficient (Wildman–Crippen LogP) is 1.41. The molecular formula is C11H13N3O4. The van der Waals surface area contributed by atoms with Gasteiger partial charge in [0.15, 0.2) is 0 Å². The zero-order valence-corrected chi connectivity index (χ0v) is 9.95. The summed E-state index contributed by atoms with van der Waals surface area (Å²) in [6.45, 7) is 0. The van der Waals surface area contributed by atoms with Gasteiger partial charge in [-0.1, -0.05) is 0 Å². The number of rotatable bonds is 4. The summed E-state index contributed by atoms with van der Waals surface area (Å²) in [5.74, 6) is -1.26. The molecule has 0 fully saturated rings. The Bertz CT molecular complexity index is 488. The monoisotopic (exact) mass is 251 g/mol. The van der Waals surface area contributed by atoms with Gasteiger partial charge in [-0.05, 0) is 18.3 Å². The first-order valence-electron chi connectivity index (χ1n) is 4.98. The zero-order chi connectivity index (χ0) is 13.9. The Morgan fingerprint density at radius 1 is 1.50 bits per heavy atom. The Labute approximate surface area is 103 Å². The molecule has 0 spiro atoms. The number of nitrogen functional groups attached to an aromatic ring is 1. The lowest BCUT2D eigenvalue weighted by Gasteiger charge is -2.07. The highest BCUT2D eigenvalue weighted by molar-refractivity contribution is 5.95. The van der Waals surface area contributed by atoms with Crippen LogP contribution in [0.25, 0.3) is 6.08 Å². The molecule has 0 aliphatic heterocycles. The molecule has 0 aliphatic rings. The Morgan fingerprint density at radius 3 is 2.56 bits per heavy atom. The van der Waals surface area contributed by atoms with Crippen LogP contribution in [0.3, 0.4) is 0 Å². The first-order valence-corrected chi connectivity index (χ1v) is 4.98. The van der Waals surface area contributed by atoms with Crippen molar-refractivity contribution < 1.29 is 14.8 Å². The summed E-state index contributed by atoms with van der Waals surface area (Å²) in [4.78, 5) is 23.0. The lowest BCUT2D eigenvalue weighted by Crippen LogP contribution is -2.06. The topological polar surface area (TPSA) is 110 Å². The second-order valence-electron chi connectivity index (χ2n) is 3.84. The number of nitrogens with zero attached hydrogens (tertiary/aromatic N) is 2. The number of nitrogens with two attached hydrogens (primary N) is 1. The number of aromatic carboxylic acids is 1. The van der Waals surface area contributed by atoms with E-state index in [2.05, 4.69) is 0 Å². The van der Waals surface area contributed by atoms with E-state index in [1.54, 1.807) is 19.0 Å². The van der Waals surface area contributed by atoms with Crippen LogP contribution >= 0.6 is 0 Å². The van der Waals surface area contributed by atoms with Crippen molar-refractivity contribution in [1.82, 2.24) is 4.90 Å². The molecule has 96 valence electrons. The minimum absolute atomic E-state index is 0.0235. The van der Waals surface area contributed by atoms with E-state index in [0.717, 1.165) is 6.07 Å². The number of carbonyl (C=O) groups is 1. The van der Waals surface area contributed by atoms with Crippen LogP contribution in [0.15, 0.2) is 18.3 Å². The maximum atomic E-state index is 11.1. The number of anilines is 1. The summed E-state index contributed by atoms with van der Waals surface area (Å²) >= 11 is 0. The van der Waals surface area contributed by atoms with Gasteiger partial charge in [-0.3, -0.25) is 10.1 Å². The van der Waals surface area contributed by atoms with Crippen LogP contribution < -0.4 is 5.73 Å². The van der Waals surface area contributed by atoms with Crippen LogP contribution in [0.4, 0.5) is 11.4 Å². The van der Waals surface area contributed by atoms with Gasteiger partial charge in [-0.2, -0.15) is 0 Å². The fourth-order valence-electron chi connectivity index (χ4n) is 1.39. The van der Waals surface area contributed by atoms with Crippen molar-refractivity contribution in [2.75, 3.05) is 19.8 Å². The maximum absolute atomic E-state index is 11.1. The molecule has 1 rings (SSSR count). The molecule has 1 aromatic rings. The summed E-state index contributed by atoms with van der Waals surface area (Å²) in [5, 5.41) is 19.9. The second kappa shape index (κ2) is 5.17. The van der Waals surface area contributed by atoms with Gasteiger partial charge < -0.3 is 15.7 Å². The van der Waals surface area contributed by atoms with Crippen molar-refractivity contribution in [3.05, 3.63) is 39.6 Å². The summed E-state index contributed by atoms with van der Waals surface area (Å²) in [7, 11) is 3.44. The van der Waals surface area contributed by atoms with Gasteiger partial charge in [-0.15, -0.1) is 0 Å². The van der Waals surface area contributed by atoms with Gasteiger partial charge in [-0.25, -0.2) is 4.79 Å². The van der Waals surface area contributed by atoms with Gasteiger partial charge in [0.2, 0.25) is 0 Å². The number of nitro groups is 1. The largest absolute Gasteiger partial charge is 0.478 e. The Morgan fingerprint density at radius 2 is 2.11 bits per heavy atom. The lowest BCUT2D eigenvalue weighted by atomic mass is 10.0. The highest BCUT2D eigenvalue weighted by Gasteiger charge is 2.20. The van der Waals surface area contributed by atoms with Crippen molar-refractivity contribution in [3.63, 3.8) is 0 Å². The third kappa shape index (κ3) is 2.97. The Balaban J connectivity index is 3.51. The van der Waals surface area contributed by atoms with Gasteiger partial charge in [0.25, 0.3) is 5.69 Å². The number of carboxylic acid groups (broad SMARTS) is 1. The summed E-state index contributed by atoms with van der Waals surface area (Å²) in [6.07, 6.45) is 2.91. The van der Waals surface area contributed by atoms with E-state index in [-0.39, 0.29) is 22.5 Å². The van der Waals surface area contributed by atoms with E-state index in [9.17, 15) is 14.9 Å². The molecule has 0 aromatic heterocycles. The zero-order valence-electron chi connectivity index (χ0n) is 9.95. The fraction of sp³-hybridized carbons (Fsp3) is 0.182. The van der Waals surface area contributed by atoms with Gasteiger partial charge in [0.05, 0.1) is 16.1 Å². The van der Waals surface area contributed by atoms with Crippen molar-refractivity contribution >= 4 is 23.4 Å². The lowest BCUT2D eigenvalue weighted by molar-refractivity contribution is -0.385. The van der Waals surface area contributed by atoms with Crippen molar-refractivity contribution in [3.8, 4) is 0 Å². The molecule has 0 unspecified atom stereocenters. The highest BCUT2D eigenvalue weighted by Crippen LogP contribution is 2.27. The number of benzene rings is 1. The molecule has 7 heteroatoms. The number of hydrogen-bond acceptors (Lipinski definition) is 5. The molecule has 0 saturated carbocycles. The van der Waals surface area contributed by atoms with Gasteiger partial charge in [0.1, 0.15) is 0 Å². The van der Waals surface area contributed by atoms with E-state index < -0.39 is 10.9 Å². The van der Waals surface area contributed by atoms with E-state index in [0.29, 0.717) is 0 Å². The average Bonchev–Trinajstić information content (AvgIpc) is 2.25.